The topological polar surface area (TPSA) is 86.9 Å². The molecule has 1 unspecified atom stereocenters. The lowest BCUT2D eigenvalue weighted by Crippen LogP contribution is -2.15. The summed E-state index contributed by atoms with van der Waals surface area (Å²) in [5.74, 6) is 0. The second-order valence-corrected chi connectivity index (χ2v) is 5.34. The zero-order valence-electron chi connectivity index (χ0n) is 12.5. The molecule has 4 rings (SSSR count). The van der Waals surface area contributed by atoms with Crippen molar-refractivity contribution in [2.75, 3.05) is 0 Å². The Balaban J connectivity index is 1.81. The van der Waals surface area contributed by atoms with Gasteiger partial charge in [0.2, 0.25) is 0 Å². The molecule has 114 valence electrons. The van der Waals surface area contributed by atoms with E-state index >= 15 is 0 Å². The van der Waals surface area contributed by atoms with Crippen molar-refractivity contribution in [2.24, 2.45) is 12.8 Å². The maximum atomic E-state index is 6.32. The molecular formula is C16H15N7. The van der Waals surface area contributed by atoms with E-state index < -0.39 is 0 Å². The van der Waals surface area contributed by atoms with E-state index in [2.05, 4.69) is 20.2 Å². The van der Waals surface area contributed by atoms with Gasteiger partial charge < -0.3 is 5.73 Å². The van der Waals surface area contributed by atoms with Crippen LogP contribution in [0.2, 0.25) is 0 Å². The van der Waals surface area contributed by atoms with Crippen molar-refractivity contribution in [3.63, 3.8) is 0 Å². The number of fused-ring (bicyclic) bond motifs is 1. The molecule has 0 amide bonds. The van der Waals surface area contributed by atoms with Crippen LogP contribution in [0.1, 0.15) is 17.3 Å². The minimum atomic E-state index is -0.336. The van der Waals surface area contributed by atoms with Crippen molar-refractivity contribution in [1.82, 2.24) is 29.4 Å². The van der Waals surface area contributed by atoms with Crippen molar-refractivity contribution < 1.29 is 0 Å². The molecule has 0 aliphatic rings. The van der Waals surface area contributed by atoms with Crippen LogP contribution in [0.5, 0.6) is 0 Å². The van der Waals surface area contributed by atoms with E-state index in [1.807, 2.05) is 37.5 Å². The van der Waals surface area contributed by atoms with E-state index in [-0.39, 0.29) is 6.04 Å². The van der Waals surface area contributed by atoms with Gasteiger partial charge in [-0.3, -0.25) is 9.67 Å². The number of nitrogens with zero attached hydrogens (tertiary/aromatic N) is 6. The van der Waals surface area contributed by atoms with Gasteiger partial charge in [-0.05, 0) is 23.8 Å². The van der Waals surface area contributed by atoms with Gasteiger partial charge in [0.15, 0.2) is 5.65 Å². The first-order valence-electron chi connectivity index (χ1n) is 7.21. The lowest BCUT2D eigenvalue weighted by molar-refractivity contribution is 0.765. The Kier molecular flexibility index (Phi) is 3.13. The molecule has 0 radical (unpaired) electrons. The highest BCUT2D eigenvalue weighted by Crippen LogP contribution is 2.22. The van der Waals surface area contributed by atoms with Gasteiger partial charge in [0.1, 0.15) is 0 Å². The van der Waals surface area contributed by atoms with E-state index in [4.69, 9.17) is 5.73 Å². The molecule has 0 spiro atoms. The lowest BCUT2D eigenvalue weighted by atomic mass is 10.1. The highest BCUT2D eigenvalue weighted by molar-refractivity contribution is 5.61. The molecule has 0 aromatic carbocycles. The molecule has 7 nitrogen and oxygen atoms in total. The van der Waals surface area contributed by atoms with Crippen molar-refractivity contribution in [1.29, 1.82) is 0 Å². The third-order valence-corrected chi connectivity index (χ3v) is 3.75. The third kappa shape index (κ3) is 2.36. The molecule has 23 heavy (non-hydrogen) atoms. The minimum Gasteiger partial charge on any atom is -0.319 e. The standard InChI is InChI=1S/C16H15N7/c1-22-10-12(8-20-22)14-9-19-15-5-4-13(21-23(14)15)16(17)11-3-2-6-18-7-11/h2-10,16H,17H2,1H3. The quantitative estimate of drug-likeness (QED) is 0.621. The Morgan fingerprint density at radius 2 is 2.04 bits per heavy atom. The summed E-state index contributed by atoms with van der Waals surface area (Å²) < 4.78 is 3.54. The Hall–Kier alpha value is -3.06. The summed E-state index contributed by atoms with van der Waals surface area (Å²) >= 11 is 0. The molecule has 0 aliphatic carbocycles. The van der Waals surface area contributed by atoms with E-state index in [0.29, 0.717) is 0 Å². The Morgan fingerprint density at radius 1 is 1.13 bits per heavy atom. The van der Waals surface area contributed by atoms with E-state index in [1.165, 1.54) is 0 Å². The zero-order valence-corrected chi connectivity index (χ0v) is 12.5. The third-order valence-electron chi connectivity index (χ3n) is 3.75. The largest absolute Gasteiger partial charge is 0.319 e. The van der Waals surface area contributed by atoms with Crippen molar-refractivity contribution in [3.05, 3.63) is 66.5 Å². The van der Waals surface area contributed by atoms with Gasteiger partial charge in [0.05, 0.1) is 29.8 Å². The summed E-state index contributed by atoms with van der Waals surface area (Å²) in [5.41, 5.74) is 10.6. The van der Waals surface area contributed by atoms with E-state index in [0.717, 1.165) is 28.2 Å². The first kappa shape index (κ1) is 13.6. The van der Waals surface area contributed by atoms with Crippen molar-refractivity contribution in [3.8, 4) is 11.3 Å². The normalized spacial score (nSPS) is 12.6. The van der Waals surface area contributed by atoms with Crippen LogP contribution in [0, 0.1) is 0 Å². The number of imidazole rings is 1. The average molecular weight is 305 g/mol. The SMILES string of the molecule is Cn1cc(-c2cnc3ccc(C(N)c4cccnc4)nn23)cn1. The van der Waals surface area contributed by atoms with Crippen LogP contribution < -0.4 is 5.73 Å². The van der Waals surface area contributed by atoms with Crippen LogP contribution in [-0.4, -0.2) is 29.4 Å². The molecule has 0 fully saturated rings. The van der Waals surface area contributed by atoms with Crippen LogP contribution in [0.25, 0.3) is 16.9 Å². The van der Waals surface area contributed by atoms with Crippen LogP contribution in [0.3, 0.4) is 0 Å². The number of nitrogens with two attached hydrogens (primary N) is 1. The van der Waals surface area contributed by atoms with Gasteiger partial charge in [-0.25, -0.2) is 9.50 Å². The van der Waals surface area contributed by atoms with Crippen molar-refractivity contribution >= 4 is 5.65 Å². The molecule has 4 aromatic rings. The summed E-state index contributed by atoms with van der Waals surface area (Å²) in [6.07, 6.45) is 8.99. The second kappa shape index (κ2) is 5.29. The molecule has 7 heteroatoms. The average Bonchev–Trinajstić information content (AvgIpc) is 3.20. The molecule has 4 aromatic heterocycles. The molecule has 0 aliphatic heterocycles. The Bertz CT molecular complexity index is 955. The summed E-state index contributed by atoms with van der Waals surface area (Å²) in [7, 11) is 1.88. The predicted octanol–water partition coefficient (Wildman–Crippen LogP) is 1.57. The van der Waals surface area contributed by atoms with Crippen molar-refractivity contribution in [2.45, 2.75) is 6.04 Å². The number of rotatable bonds is 3. The predicted molar refractivity (Wildman–Crippen MR) is 85.5 cm³/mol. The maximum absolute atomic E-state index is 6.32. The van der Waals surface area contributed by atoms with Gasteiger partial charge in [-0.1, -0.05) is 6.07 Å². The first-order chi connectivity index (χ1) is 11.2. The van der Waals surface area contributed by atoms with Gasteiger partial charge in [0.25, 0.3) is 0 Å². The summed E-state index contributed by atoms with van der Waals surface area (Å²) in [5, 5.41) is 8.86. The second-order valence-electron chi connectivity index (χ2n) is 5.34. The molecular weight excluding hydrogens is 290 g/mol. The van der Waals surface area contributed by atoms with Gasteiger partial charge in [-0.2, -0.15) is 10.2 Å². The maximum Gasteiger partial charge on any atom is 0.154 e. The van der Waals surface area contributed by atoms with Crippen LogP contribution in [0.4, 0.5) is 0 Å². The van der Waals surface area contributed by atoms with Crippen LogP contribution in [-0.2, 0) is 7.05 Å². The highest BCUT2D eigenvalue weighted by Gasteiger charge is 2.14. The van der Waals surface area contributed by atoms with E-state index in [1.54, 1.807) is 34.0 Å². The fraction of sp³-hybridized carbons (Fsp3) is 0.125. The van der Waals surface area contributed by atoms with Gasteiger partial charge >= 0.3 is 0 Å². The smallest absolute Gasteiger partial charge is 0.154 e. The fourth-order valence-corrected chi connectivity index (χ4v) is 2.53. The summed E-state index contributed by atoms with van der Waals surface area (Å²) in [6, 6.07) is 7.29. The number of aryl methyl sites for hydroxylation is 1. The number of hydrogen-bond donors (Lipinski definition) is 1. The Morgan fingerprint density at radius 3 is 2.78 bits per heavy atom. The molecule has 1 atom stereocenters. The summed E-state index contributed by atoms with van der Waals surface area (Å²) in [6.45, 7) is 0. The minimum absolute atomic E-state index is 0.336. The number of hydrogen-bond acceptors (Lipinski definition) is 5. The first-order valence-corrected chi connectivity index (χ1v) is 7.21. The van der Waals surface area contributed by atoms with Gasteiger partial charge in [0, 0.05) is 31.2 Å². The van der Waals surface area contributed by atoms with Gasteiger partial charge in [-0.15, -0.1) is 0 Å². The molecule has 0 saturated carbocycles. The molecule has 0 saturated heterocycles. The fourth-order valence-electron chi connectivity index (χ4n) is 2.53. The van der Waals surface area contributed by atoms with Crippen LogP contribution in [0.15, 0.2) is 55.2 Å². The zero-order chi connectivity index (χ0) is 15.8. The molecule has 4 heterocycles. The highest BCUT2D eigenvalue weighted by atomic mass is 15.3. The number of pyridine rings is 1. The monoisotopic (exact) mass is 305 g/mol. The van der Waals surface area contributed by atoms with Crippen LogP contribution >= 0.6 is 0 Å². The molecule has 0 bridgehead atoms. The van der Waals surface area contributed by atoms with E-state index in [9.17, 15) is 0 Å². The Labute approximate surface area is 132 Å². The number of aromatic nitrogens is 6. The molecule has 2 N–H and O–H groups in total. The summed E-state index contributed by atoms with van der Waals surface area (Å²) in [4.78, 5) is 8.50. The lowest BCUT2D eigenvalue weighted by Gasteiger charge is -2.11.